The molecule has 0 atom stereocenters. The molecule has 4 aromatic rings. The number of aromatic amines is 1. The quantitative estimate of drug-likeness (QED) is 0.164. The predicted octanol–water partition coefficient (Wildman–Crippen LogP) is 7.57. The number of hydrogen-bond donors (Lipinski definition) is 1. The molecular formula is C32H34F2N4O4S. The van der Waals surface area contributed by atoms with Crippen LogP contribution in [0.2, 0.25) is 0 Å². The molecular weight excluding hydrogens is 574 g/mol. The molecule has 8 nitrogen and oxygen atoms in total. The first kappa shape index (κ1) is 30.3. The summed E-state index contributed by atoms with van der Waals surface area (Å²) in [6.07, 6.45) is 9.63. The van der Waals surface area contributed by atoms with E-state index in [1.165, 1.54) is 37.1 Å². The van der Waals surface area contributed by atoms with Gasteiger partial charge in [-0.1, -0.05) is 0 Å². The zero-order chi connectivity index (χ0) is 30.8. The number of carbonyl (C=O) groups excluding carboxylic acids is 2. The van der Waals surface area contributed by atoms with E-state index in [-0.39, 0.29) is 23.3 Å². The summed E-state index contributed by atoms with van der Waals surface area (Å²) in [4.78, 5) is 31.4. The first-order chi connectivity index (χ1) is 20.5. The molecule has 2 fully saturated rings. The van der Waals surface area contributed by atoms with Crippen LogP contribution < -0.4 is 0 Å². The number of hydrogen-bond acceptors (Lipinski definition) is 6. The maximum absolute atomic E-state index is 13.9. The van der Waals surface area contributed by atoms with Gasteiger partial charge in [-0.2, -0.15) is 0 Å². The minimum absolute atomic E-state index is 0.0529. The lowest BCUT2D eigenvalue weighted by atomic mass is 10.2. The lowest BCUT2D eigenvalue weighted by molar-refractivity contribution is 0.0361. The van der Waals surface area contributed by atoms with E-state index in [1.54, 1.807) is 55.3 Å². The molecule has 0 aliphatic heterocycles. The van der Waals surface area contributed by atoms with Crippen molar-refractivity contribution in [2.75, 3.05) is 0 Å². The fourth-order valence-electron chi connectivity index (χ4n) is 4.48. The molecule has 0 radical (unpaired) electrons. The maximum Gasteiger partial charge on any atom is 0.341 e. The van der Waals surface area contributed by atoms with Gasteiger partial charge in [0, 0.05) is 41.3 Å². The summed E-state index contributed by atoms with van der Waals surface area (Å²) in [6.45, 7) is 6.92. The largest absolute Gasteiger partial charge is 0.459 e. The van der Waals surface area contributed by atoms with Crippen LogP contribution in [0, 0.1) is 16.4 Å². The number of nitrogens with zero attached hydrogens (tertiary/aromatic N) is 3. The lowest BCUT2D eigenvalue weighted by Gasteiger charge is -2.10. The van der Waals surface area contributed by atoms with Gasteiger partial charge >= 0.3 is 11.9 Å². The van der Waals surface area contributed by atoms with Gasteiger partial charge in [0.25, 0.3) is 0 Å². The zero-order valence-electron chi connectivity index (χ0n) is 24.5. The van der Waals surface area contributed by atoms with Crippen molar-refractivity contribution in [2.45, 2.75) is 77.4 Å². The van der Waals surface area contributed by atoms with Crippen molar-refractivity contribution in [3.63, 3.8) is 0 Å². The molecule has 0 saturated heterocycles. The second-order valence-corrected chi connectivity index (χ2v) is 11.8. The van der Waals surface area contributed by atoms with Crippen LogP contribution in [0.3, 0.4) is 0 Å². The molecule has 2 heterocycles. The molecule has 2 aliphatic rings. The van der Waals surface area contributed by atoms with Crippen molar-refractivity contribution >= 4 is 24.2 Å². The highest BCUT2D eigenvalue weighted by atomic mass is 32.1. The van der Waals surface area contributed by atoms with Gasteiger partial charge in [0.1, 0.15) is 11.6 Å². The highest BCUT2D eigenvalue weighted by Gasteiger charge is 2.27. The summed E-state index contributed by atoms with van der Waals surface area (Å²) in [5, 5.41) is 0. The molecule has 0 bridgehead atoms. The Kier molecular flexibility index (Phi) is 8.91. The Bertz CT molecular complexity index is 1700. The fourth-order valence-corrected chi connectivity index (χ4v) is 4.76. The van der Waals surface area contributed by atoms with E-state index in [2.05, 4.69) is 9.97 Å². The highest BCUT2D eigenvalue weighted by molar-refractivity contribution is 7.71. The third kappa shape index (κ3) is 7.45. The standard InChI is InChI=1S/C16H17FN2O2S.C16H17FN2O2/c1-9(2)21-15(20)12-7-11(5-6-13(12)17)19-8-14(10-3-4-10)18-16(19)22;1-10(2)21-16(20)13-7-12(5-6-14(13)17)19-8-15(18-9-19)11-3-4-11/h5-10H,3-4H2,1-2H3,(H,18,22);5-11H,3-4H2,1-2H3. The monoisotopic (exact) mass is 608 g/mol. The molecule has 43 heavy (non-hydrogen) atoms. The Morgan fingerprint density at radius 1 is 0.860 bits per heavy atom. The molecule has 2 aromatic heterocycles. The first-order valence-electron chi connectivity index (χ1n) is 14.4. The average Bonchev–Trinajstić information content (AvgIpc) is 3.89. The predicted molar refractivity (Wildman–Crippen MR) is 159 cm³/mol. The number of rotatable bonds is 8. The van der Waals surface area contributed by atoms with Crippen molar-refractivity contribution in [3.8, 4) is 11.4 Å². The highest BCUT2D eigenvalue weighted by Crippen LogP contribution is 2.40. The molecule has 2 saturated carbocycles. The van der Waals surface area contributed by atoms with Crippen molar-refractivity contribution in [2.24, 2.45) is 0 Å². The van der Waals surface area contributed by atoms with Gasteiger partial charge < -0.3 is 19.0 Å². The normalized spacial score (nSPS) is 14.4. The number of imidazole rings is 2. The van der Waals surface area contributed by atoms with Crippen LogP contribution in [0.15, 0.2) is 55.1 Å². The Morgan fingerprint density at radius 2 is 1.40 bits per heavy atom. The number of halogens is 2. The number of H-pyrrole nitrogens is 1. The van der Waals surface area contributed by atoms with Crippen molar-refractivity contribution in [1.82, 2.24) is 19.1 Å². The Morgan fingerprint density at radius 3 is 1.93 bits per heavy atom. The van der Waals surface area contributed by atoms with Crippen LogP contribution in [-0.4, -0.2) is 43.2 Å². The van der Waals surface area contributed by atoms with Crippen LogP contribution in [0.4, 0.5) is 8.78 Å². The van der Waals surface area contributed by atoms with Gasteiger partial charge in [-0.3, -0.25) is 4.57 Å². The maximum atomic E-state index is 13.9. The number of aromatic nitrogens is 4. The number of ether oxygens (including phenoxy) is 2. The van der Waals surface area contributed by atoms with Crippen LogP contribution in [0.1, 0.15) is 97.3 Å². The van der Waals surface area contributed by atoms with Crippen LogP contribution in [0.25, 0.3) is 11.4 Å². The fraction of sp³-hybridized carbons (Fsp3) is 0.375. The SMILES string of the molecule is CC(C)OC(=O)c1cc(-n2cc(C3CC3)[nH]c2=S)ccc1F.CC(C)OC(=O)c1cc(-n2cnc(C3CC3)c2)ccc1F. The molecule has 0 spiro atoms. The molecule has 1 N–H and O–H groups in total. The van der Waals surface area contributed by atoms with Gasteiger partial charge in [0.05, 0.1) is 35.4 Å². The lowest BCUT2D eigenvalue weighted by Crippen LogP contribution is -2.13. The average molecular weight is 609 g/mol. The second-order valence-electron chi connectivity index (χ2n) is 11.4. The van der Waals surface area contributed by atoms with E-state index < -0.39 is 23.6 Å². The summed E-state index contributed by atoms with van der Waals surface area (Å²) in [6, 6.07) is 8.74. The molecule has 2 aliphatic carbocycles. The van der Waals surface area contributed by atoms with Crippen molar-refractivity contribution < 1.29 is 27.8 Å². The molecule has 11 heteroatoms. The Labute approximate surface area is 253 Å². The van der Waals surface area contributed by atoms with Crippen molar-refractivity contribution in [1.29, 1.82) is 0 Å². The number of esters is 2. The van der Waals surface area contributed by atoms with Crippen LogP contribution in [0.5, 0.6) is 0 Å². The summed E-state index contributed by atoms with van der Waals surface area (Å²) >= 11 is 5.31. The summed E-state index contributed by atoms with van der Waals surface area (Å²) in [5.41, 5.74) is 3.34. The van der Waals surface area contributed by atoms with Gasteiger partial charge in [0.2, 0.25) is 0 Å². The van der Waals surface area contributed by atoms with E-state index in [4.69, 9.17) is 21.7 Å². The van der Waals surface area contributed by atoms with E-state index >= 15 is 0 Å². The van der Waals surface area contributed by atoms with Gasteiger partial charge in [-0.15, -0.1) is 0 Å². The van der Waals surface area contributed by atoms with E-state index in [0.29, 0.717) is 28.0 Å². The molecule has 2 aromatic carbocycles. The van der Waals surface area contributed by atoms with Gasteiger partial charge in [-0.25, -0.2) is 23.4 Å². The summed E-state index contributed by atoms with van der Waals surface area (Å²) < 4.78 is 41.9. The smallest absolute Gasteiger partial charge is 0.341 e. The summed E-state index contributed by atoms with van der Waals surface area (Å²) in [5.74, 6) is -1.40. The number of nitrogens with one attached hydrogen (secondary N) is 1. The third-order valence-electron chi connectivity index (χ3n) is 6.96. The topological polar surface area (TPSA) is 91.1 Å². The molecule has 226 valence electrons. The zero-order valence-corrected chi connectivity index (χ0v) is 25.3. The molecule has 6 rings (SSSR count). The third-order valence-corrected chi connectivity index (χ3v) is 7.25. The minimum atomic E-state index is -0.668. The van der Waals surface area contributed by atoms with E-state index in [9.17, 15) is 18.4 Å². The van der Waals surface area contributed by atoms with Crippen LogP contribution >= 0.6 is 12.2 Å². The Balaban J connectivity index is 0.000000171. The number of benzene rings is 2. The Hall–Kier alpha value is -4.12. The first-order valence-corrected chi connectivity index (χ1v) is 14.8. The molecule has 0 unspecified atom stereocenters. The van der Waals surface area contributed by atoms with E-state index in [0.717, 1.165) is 24.2 Å². The van der Waals surface area contributed by atoms with Gasteiger partial charge in [0.15, 0.2) is 4.77 Å². The molecule has 0 amide bonds. The number of carbonyl (C=O) groups is 2. The van der Waals surface area contributed by atoms with E-state index in [1.807, 2.05) is 12.4 Å². The minimum Gasteiger partial charge on any atom is -0.459 e. The van der Waals surface area contributed by atoms with Crippen molar-refractivity contribution in [3.05, 3.63) is 94.0 Å². The summed E-state index contributed by atoms with van der Waals surface area (Å²) in [7, 11) is 0. The second kappa shape index (κ2) is 12.6. The van der Waals surface area contributed by atoms with Crippen LogP contribution in [-0.2, 0) is 9.47 Å². The van der Waals surface area contributed by atoms with Gasteiger partial charge in [-0.05, 0) is 102 Å².